The lowest BCUT2D eigenvalue weighted by molar-refractivity contribution is -0.327. The summed E-state index contributed by atoms with van der Waals surface area (Å²) < 4.78 is 43.5. The van der Waals surface area contributed by atoms with Crippen LogP contribution in [0.4, 0.5) is 0 Å². The van der Waals surface area contributed by atoms with E-state index in [4.69, 9.17) is 33.2 Å². The van der Waals surface area contributed by atoms with Crippen molar-refractivity contribution >= 4 is 11.9 Å². The monoisotopic (exact) mass is 812 g/mol. The topological polar surface area (TPSA) is 159 Å². The third-order valence-electron chi connectivity index (χ3n) is 11.7. The highest BCUT2D eigenvalue weighted by atomic mass is 16.7. The molecule has 0 spiro atoms. The summed E-state index contributed by atoms with van der Waals surface area (Å²) in [7, 11) is 0. The third-order valence-corrected chi connectivity index (χ3v) is 11.7. The average Bonchev–Trinajstić information content (AvgIpc) is 3.17. The van der Waals surface area contributed by atoms with Gasteiger partial charge in [-0.1, -0.05) is 89.4 Å². The molecular weight excluding hydrogens is 744 g/mol. The van der Waals surface area contributed by atoms with Crippen molar-refractivity contribution in [3.63, 3.8) is 0 Å². The van der Waals surface area contributed by atoms with Crippen LogP contribution in [0.2, 0.25) is 0 Å². The molecule has 4 unspecified atom stereocenters. The zero-order valence-electron chi connectivity index (χ0n) is 35.1. The van der Waals surface area contributed by atoms with Crippen molar-refractivity contribution in [1.82, 2.24) is 0 Å². The molecule has 0 saturated carbocycles. The summed E-state index contributed by atoms with van der Waals surface area (Å²) in [5.74, 6) is -3.14. The first kappa shape index (κ1) is 46.0. The first-order chi connectivity index (χ1) is 27.7. The second-order valence-electron chi connectivity index (χ2n) is 17.2. The van der Waals surface area contributed by atoms with Crippen molar-refractivity contribution in [1.29, 1.82) is 0 Å². The number of hydrogen-bond donors (Lipinski definition) is 3. The van der Waals surface area contributed by atoms with Gasteiger partial charge in [-0.2, -0.15) is 0 Å². The smallest absolute Gasteiger partial charge is 0.331 e. The highest BCUT2D eigenvalue weighted by molar-refractivity contribution is 5.83. The Morgan fingerprint density at radius 2 is 1.69 bits per heavy atom. The lowest BCUT2D eigenvalue weighted by Gasteiger charge is -2.51. The minimum Gasteiger partial charge on any atom is -0.493 e. The number of aliphatic hydroxyl groups is 3. The molecule has 0 amide bonds. The molecule has 4 heterocycles. The molecule has 4 aliphatic rings. The van der Waals surface area contributed by atoms with Crippen molar-refractivity contribution in [3.05, 3.63) is 72.0 Å². The number of rotatable bonds is 11. The Hall–Kier alpha value is -3.10. The molecule has 12 heteroatoms. The molecule has 0 aliphatic carbocycles. The Morgan fingerprint density at radius 3 is 2.43 bits per heavy atom. The number of fused-ring (bicyclic) bond motifs is 6. The molecule has 1 aromatic rings. The van der Waals surface area contributed by atoms with Gasteiger partial charge in [0.1, 0.15) is 12.7 Å². The van der Waals surface area contributed by atoms with Gasteiger partial charge in [0.2, 0.25) is 5.79 Å². The highest BCUT2D eigenvalue weighted by Crippen LogP contribution is 2.47. The molecule has 0 aromatic heterocycles. The van der Waals surface area contributed by atoms with Crippen molar-refractivity contribution in [3.8, 4) is 0 Å². The number of unbranched alkanes of at least 4 members (excludes halogenated alkanes) is 4. The molecule has 3 N–H and O–H groups in total. The van der Waals surface area contributed by atoms with E-state index in [-0.39, 0.29) is 50.6 Å². The van der Waals surface area contributed by atoms with Gasteiger partial charge < -0.3 is 48.5 Å². The number of hydrogen-bond acceptors (Lipinski definition) is 12. The molecule has 4 aliphatic heterocycles. The zero-order valence-corrected chi connectivity index (χ0v) is 35.1. The molecular formula is C46H68O12. The maximum Gasteiger partial charge on any atom is 0.331 e. The maximum absolute atomic E-state index is 13.6. The SMILES string of the molecule is C=C1CC(O)C[C@@H]2CCC[C@H](C[C@@H]3CCO[C@H](/C=C/C(C)(C)[C@]4(O)OC(C/C(=C\C(=O)OCc5ccccc5)[C@@H]4OC(=O)CCCCCCC)CC(C(C)O)O1)O3)O2. The fourth-order valence-corrected chi connectivity index (χ4v) is 8.34. The third kappa shape index (κ3) is 13.5. The van der Waals surface area contributed by atoms with Crippen LogP contribution in [0.1, 0.15) is 130 Å². The van der Waals surface area contributed by atoms with Crippen LogP contribution in [-0.2, 0) is 49.4 Å². The first-order valence-electron chi connectivity index (χ1n) is 21.6. The standard InChI is InChI=1S/C46H68O12/c1-6-7-8-9-13-19-41(49)57-44-34(26-42(50)53-30-33-15-11-10-12-16-33)25-39-29-40(32(3)47)54-31(2)24-35(48)27-36-17-14-18-37(55-36)28-38-21-23-52-43(56-38)20-22-45(4,5)46(44,51)58-39/h10-12,15-16,20,22,26,32,35-40,43-44,47-48,51H,2,6-9,13-14,17-19,21,23-25,27-30H2,1,3-5H3/b22-20+,34-26+/t32?,35?,36-,37+,38-,39?,40?,43-,44-,46+/m0/s1. The van der Waals surface area contributed by atoms with E-state index in [1.807, 2.05) is 30.3 Å². The number of esters is 2. The second-order valence-corrected chi connectivity index (χ2v) is 17.2. The molecule has 0 radical (unpaired) electrons. The van der Waals surface area contributed by atoms with E-state index in [1.165, 1.54) is 6.08 Å². The lowest BCUT2D eigenvalue weighted by Crippen LogP contribution is -2.62. The van der Waals surface area contributed by atoms with E-state index in [2.05, 4.69) is 13.5 Å². The van der Waals surface area contributed by atoms with Crippen LogP contribution < -0.4 is 0 Å². The first-order valence-corrected chi connectivity index (χ1v) is 21.6. The summed E-state index contributed by atoms with van der Waals surface area (Å²) >= 11 is 0. The summed E-state index contributed by atoms with van der Waals surface area (Å²) in [6.45, 7) is 11.8. The van der Waals surface area contributed by atoms with E-state index < -0.39 is 60.0 Å². The largest absolute Gasteiger partial charge is 0.493 e. The van der Waals surface area contributed by atoms with Gasteiger partial charge in [0.15, 0.2) is 12.4 Å². The number of benzene rings is 1. The summed E-state index contributed by atoms with van der Waals surface area (Å²) in [5.41, 5.74) is -0.179. The van der Waals surface area contributed by atoms with E-state index >= 15 is 0 Å². The van der Waals surface area contributed by atoms with E-state index in [9.17, 15) is 24.9 Å². The molecule has 6 bridgehead atoms. The summed E-state index contributed by atoms with van der Waals surface area (Å²) in [6, 6.07) is 9.28. The lowest BCUT2D eigenvalue weighted by atomic mass is 9.74. The highest BCUT2D eigenvalue weighted by Gasteiger charge is 2.57. The van der Waals surface area contributed by atoms with Gasteiger partial charge in [0.05, 0.1) is 49.0 Å². The Balaban J connectivity index is 1.50. The molecule has 10 atom stereocenters. The zero-order chi connectivity index (χ0) is 41.7. The van der Waals surface area contributed by atoms with E-state index in [1.54, 1.807) is 32.9 Å². The minimum atomic E-state index is -2.23. The van der Waals surface area contributed by atoms with Gasteiger partial charge in [-0.05, 0) is 75.5 Å². The molecule has 12 nitrogen and oxygen atoms in total. The number of ether oxygens (including phenoxy) is 7. The van der Waals surface area contributed by atoms with Gasteiger partial charge in [0.25, 0.3) is 0 Å². The molecule has 58 heavy (non-hydrogen) atoms. The van der Waals surface area contributed by atoms with Crippen LogP contribution in [0.3, 0.4) is 0 Å². The molecule has 1 aromatic carbocycles. The predicted octanol–water partition coefficient (Wildman–Crippen LogP) is 7.27. The van der Waals surface area contributed by atoms with Crippen LogP contribution in [0.15, 0.2) is 66.5 Å². The molecule has 5 rings (SSSR count). The van der Waals surface area contributed by atoms with E-state index in [0.29, 0.717) is 43.6 Å². The second kappa shape index (κ2) is 21.9. The van der Waals surface area contributed by atoms with Crippen LogP contribution in [0.25, 0.3) is 0 Å². The molecule has 324 valence electrons. The number of aliphatic hydroxyl groups excluding tert-OH is 2. The fourth-order valence-electron chi connectivity index (χ4n) is 8.34. The van der Waals surface area contributed by atoms with Gasteiger partial charge in [0, 0.05) is 30.8 Å². The number of carbonyl (C=O) groups is 2. The average molecular weight is 813 g/mol. The van der Waals surface area contributed by atoms with Crippen molar-refractivity contribution in [2.45, 2.75) is 192 Å². The molecule has 3 saturated heterocycles. The predicted molar refractivity (Wildman–Crippen MR) is 217 cm³/mol. The van der Waals surface area contributed by atoms with Crippen molar-refractivity contribution in [2.75, 3.05) is 6.61 Å². The minimum absolute atomic E-state index is 0.0198. The van der Waals surface area contributed by atoms with E-state index in [0.717, 1.165) is 50.5 Å². The van der Waals surface area contributed by atoms with Crippen molar-refractivity contribution < 1.29 is 58.1 Å². The Kier molecular flexibility index (Phi) is 17.4. The Labute approximate surface area is 344 Å². The summed E-state index contributed by atoms with van der Waals surface area (Å²) in [4.78, 5) is 27.1. The Morgan fingerprint density at radius 1 is 0.966 bits per heavy atom. The van der Waals surface area contributed by atoms with Crippen LogP contribution in [-0.4, -0.2) is 94.8 Å². The quantitative estimate of drug-likeness (QED) is 0.0890. The van der Waals surface area contributed by atoms with Crippen LogP contribution in [0.5, 0.6) is 0 Å². The normalized spacial score (nSPS) is 33.9. The fraction of sp³-hybridized carbons (Fsp3) is 0.696. The Bertz CT molecular complexity index is 1520. The number of carbonyl (C=O) groups excluding carboxylic acids is 2. The van der Waals surface area contributed by atoms with Gasteiger partial charge in [-0.15, -0.1) is 0 Å². The summed E-state index contributed by atoms with van der Waals surface area (Å²) in [6.07, 6.45) is 8.41. The van der Waals surface area contributed by atoms with Gasteiger partial charge >= 0.3 is 11.9 Å². The summed E-state index contributed by atoms with van der Waals surface area (Å²) in [5, 5.41) is 35.0. The molecule has 3 fully saturated rings. The van der Waals surface area contributed by atoms with Crippen LogP contribution in [0, 0.1) is 5.41 Å². The van der Waals surface area contributed by atoms with Crippen molar-refractivity contribution in [2.24, 2.45) is 5.41 Å². The van der Waals surface area contributed by atoms with Crippen LogP contribution >= 0.6 is 0 Å². The van der Waals surface area contributed by atoms with Gasteiger partial charge in [-0.3, -0.25) is 4.79 Å². The maximum atomic E-state index is 13.6. The van der Waals surface area contributed by atoms with Gasteiger partial charge in [-0.25, -0.2) is 4.79 Å².